The molecule has 1 aromatic rings. The predicted octanol–water partition coefficient (Wildman–Crippen LogP) is 0.756. The number of rotatable bonds is 2. The van der Waals surface area contributed by atoms with Gasteiger partial charge in [0, 0.05) is 6.04 Å². The third-order valence-electron chi connectivity index (χ3n) is 2.27. The number of nitrogen functional groups attached to an aromatic ring is 1. The van der Waals surface area contributed by atoms with Crippen LogP contribution in [0.4, 0.5) is 11.6 Å². The predicted molar refractivity (Wildman–Crippen MR) is 56.8 cm³/mol. The highest BCUT2D eigenvalue weighted by Crippen LogP contribution is 2.29. The highest BCUT2D eigenvalue weighted by molar-refractivity contribution is 9.10. The molecule has 1 saturated carbocycles. The van der Waals surface area contributed by atoms with Crippen LogP contribution in [-0.4, -0.2) is 27.2 Å². The zero-order chi connectivity index (χ0) is 10.1. The lowest BCUT2D eigenvalue weighted by Crippen LogP contribution is -2.39. The molecular formula is C8H11BrN4O. The van der Waals surface area contributed by atoms with Gasteiger partial charge in [0.2, 0.25) is 0 Å². The van der Waals surface area contributed by atoms with Gasteiger partial charge in [0.25, 0.3) is 0 Å². The molecule has 0 atom stereocenters. The van der Waals surface area contributed by atoms with Gasteiger partial charge in [-0.2, -0.15) is 0 Å². The van der Waals surface area contributed by atoms with Crippen molar-refractivity contribution in [3.8, 4) is 0 Å². The van der Waals surface area contributed by atoms with E-state index in [1.54, 1.807) is 0 Å². The van der Waals surface area contributed by atoms with Gasteiger partial charge in [-0.15, -0.1) is 0 Å². The van der Waals surface area contributed by atoms with Gasteiger partial charge < -0.3 is 16.2 Å². The maximum absolute atomic E-state index is 9.11. The molecule has 0 radical (unpaired) electrons. The number of hydrogen-bond acceptors (Lipinski definition) is 5. The van der Waals surface area contributed by atoms with Crippen LogP contribution in [0.25, 0.3) is 0 Å². The van der Waals surface area contributed by atoms with Crippen molar-refractivity contribution in [3.05, 3.63) is 10.8 Å². The number of nitrogens with two attached hydrogens (primary N) is 1. The number of aliphatic hydroxyl groups is 1. The Morgan fingerprint density at radius 2 is 2.21 bits per heavy atom. The highest BCUT2D eigenvalue weighted by atomic mass is 79.9. The molecule has 2 rings (SSSR count). The fraction of sp³-hybridized carbons (Fsp3) is 0.500. The Balaban J connectivity index is 2.06. The molecule has 0 amide bonds. The van der Waals surface area contributed by atoms with Crippen LogP contribution in [0.2, 0.25) is 0 Å². The number of nitrogens with zero attached hydrogens (tertiary/aromatic N) is 2. The minimum Gasteiger partial charge on any atom is -0.393 e. The normalized spacial score (nSPS) is 25.6. The first kappa shape index (κ1) is 9.67. The second-order valence-corrected chi connectivity index (χ2v) is 4.18. The van der Waals surface area contributed by atoms with E-state index in [0.717, 1.165) is 12.8 Å². The first-order valence-corrected chi connectivity index (χ1v) is 5.16. The van der Waals surface area contributed by atoms with E-state index in [9.17, 15) is 0 Å². The lowest BCUT2D eigenvalue weighted by molar-refractivity contribution is 0.0835. The minimum absolute atomic E-state index is 0.176. The van der Waals surface area contributed by atoms with Gasteiger partial charge in [-0.05, 0) is 28.8 Å². The van der Waals surface area contributed by atoms with E-state index >= 15 is 0 Å². The molecule has 5 nitrogen and oxygen atoms in total. The summed E-state index contributed by atoms with van der Waals surface area (Å²) in [6.07, 6.45) is 2.76. The topological polar surface area (TPSA) is 84.1 Å². The average molecular weight is 259 g/mol. The fourth-order valence-corrected chi connectivity index (χ4v) is 1.70. The number of aliphatic hydroxyl groups excluding tert-OH is 1. The third kappa shape index (κ3) is 1.80. The number of nitrogens with one attached hydrogen (secondary N) is 1. The summed E-state index contributed by atoms with van der Waals surface area (Å²) in [4.78, 5) is 7.89. The molecule has 6 heteroatoms. The molecule has 0 aliphatic heterocycles. The SMILES string of the molecule is Nc1ncnc(NC2CC(O)C2)c1Br. The quantitative estimate of drug-likeness (QED) is 0.730. The Labute approximate surface area is 89.9 Å². The Kier molecular flexibility index (Phi) is 2.56. The molecule has 14 heavy (non-hydrogen) atoms. The molecule has 76 valence electrons. The summed E-state index contributed by atoms with van der Waals surface area (Å²) in [6.45, 7) is 0. The minimum atomic E-state index is -0.176. The molecule has 0 aromatic carbocycles. The van der Waals surface area contributed by atoms with Gasteiger partial charge in [0.15, 0.2) is 0 Å². The average Bonchev–Trinajstić information content (AvgIpc) is 2.10. The van der Waals surface area contributed by atoms with Gasteiger partial charge in [-0.1, -0.05) is 0 Å². The zero-order valence-electron chi connectivity index (χ0n) is 7.44. The van der Waals surface area contributed by atoms with Crippen LogP contribution >= 0.6 is 15.9 Å². The van der Waals surface area contributed by atoms with Crippen LogP contribution in [0, 0.1) is 0 Å². The van der Waals surface area contributed by atoms with Crippen molar-refractivity contribution in [2.75, 3.05) is 11.1 Å². The van der Waals surface area contributed by atoms with E-state index in [4.69, 9.17) is 10.8 Å². The van der Waals surface area contributed by atoms with E-state index in [2.05, 4.69) is 31.2 Å². The summed E-state index contributed by atoms with van der Waals surface area (Å²) >= 11 is 3.30. The first-order valence-electron chi connectivity index (χ1n) is 4.37. The smallest absolute Gasteiger partial charge is 0.146 e. The second-order valence-electron chi connectivity index (χ2n) is 3.39. The van der Waals surface area contributed by atoms with Crippen LogP contribution < -0.4 is 11.1 Å². The van der Waals surface area contributed by atoms with Crippen molar-refractivity contribution in [1.29, 1.82) is 0 Å². The van der Waals surface area contributed by atoms with E-state index in [-0.39, 0.29) is 12.1 Å². The van der Waals surface area contributed by atoms with E-state index in [0.29, 0.717) is 16.1 Å². The molecule has 0 saturated heterocycles. The molecule has 1 heterocycles. The Morgan fingerprint density at radius 3 is 2.86 bits per heavy atom. The molecule has 1 aliphatic rings. The summed E-state index contributed by atoms with van der Waals surface area (Å²) in [7, 11) is 0. The molecular weight excluding hydrogens is 248 g/mol. The highest BCUT2D eigenvalue weighted by Gasteiger charge is 2.27. The Bertz CT molecular complexity index is 340. The molecule has 0 bridgehead atoms. The van der Waals surface area contributed by atoms with Crippen molar-refractivity contribution in [3.63, 3.8) is 0 Å². The van der Waals surface area contributed by atoms with Gasteiger partial charge >= 0.3 is 0 Å². The Morgan fingerprint density at radius 1 is 1.50 bits per heavy atom. The lowest BCUT2D eigenvalue weighted by atomic mass is 9.89. The van der Waals surface area contributed by atoms with E-state index in [1.165, 1.54) is 6.33 Å². The number of anilines is 2. The second kappa shape index (κ2) is 3.70. The Hall–Kier alpha value is -0.880. The number of hydrogen-bond donors (Lipinski definition) is 3. The van der Waals surface area contributed by atoms with Gasteiger partial charge in [-0.25, -0.2) is 9.97 Å². The first-order chi connectivity index (χ1) is 6.66. The molecule has 0 spiro atoms. The number of halogens is 1. The van der Waals surface area contributed by atoms with Crippen molar-refractivity contribution in [2.45, 2.75) is 25.0 Å². The third-order valence-corrected chi connectivity index (χ3v) is 3.05. The van der Waals surface area contributed by atoms with Crippen molar-refractivity contribution in [2.24, 2.45) is 0 Å². The van der Waals surface area contributed by atoms with Crippen molar-refractivity contribution >= 4 is 27.6 Å². The van der Waals surface area contributed by atoms with E-state index in [1.807, 2.05) is 0 Å². The monoisotopic (exact) mass is 258 g/mol. The molecule has 0 unspecified atom stereocenters. The fourth-order valence-electron chi connectivity index (χ4n) is 1.38. The van der Waals surface area contributed by atoms with Gasteiger partial charge in [-0.3, -0.25) is 0 Å². The van der Waals surface area contributed by atoms with Crippen molar-refractivity contribution < 1.29 is 5.11 Å². The molecule has 4 N–H and O–H groups in total. The van der Waals surface area contributed by atoms with Crippen LogP contribution in [-0.2, 0) is 0 Å². The zero-order valence-corrected chi connectivity index (χ0v) is 9.03. The lowest BCUT2D eigenvalue weighted by Gasteiger charge is -2.32. The standard InChI is InChI=1S/C8H11BrN4O/c9-6-7(10)11-3-12-8(6)13-4-1-5(14)2-4/h3-5,14H,1-2H2,(H3,10,11,12,13). The van der Waals surface area contributed by atoms with Gasteiger partial charge in [0.1, 0.15) is 22.4 Å². The summed E-state index contributed by atoms with van der Waals surface area (Å²) in [5, 5.41) is 12.3. The van der Waals surface area contributed by atoms with E-state index < -0.39 is 0 Å². The summed E-state index contributed by atoms with van der Waals surface area (Å²) in [5.41, 5.74) is 5.60. The maximum atomic E-state index is 9.11. The summed E-state index contributed by atoms with van der Waals surface area (Å²) in [6, 6.07) is 0.288. The molecule has 1 aliphatic carbocycles. The summed E-state index contributed by atoms with van der Waals surface area (Å²) in [5.74, 6) is 1.11. The van der Waals surface area contributed by atoms with Crippen molar-refractivity contribution in [1.82, 2.24) is 9.97 Å². The summed E-state index contributed by atoms with van der Waals surface area (Å²) < 4.78 is 0.682. The maximum Gasteiger partial charge on any atom is 0.146 e. The van der Waals surface area contributed by atoms with Crippen LogP contribution in [0.15, 0.2) is 10.8 Å². The van der Waals surface area contributed by atoms with Crippen LogP contribution in [0.5, 0.6) is 0 Å². The van der Waals surface area contributed by atoms with Gasteiger partial charge in [0.05, 0.1) is 6.10 Å². The molecule has 1 fully saturated rings. The number of aromatic nitrogens is 2. The van der Waals surface area contributed by atoms with Crippen LogP contribution in [0.1, 0.15) is 12.8 Å². The largest absolute Gasteiger partial charge is 0.393 e. The van der Waals surface area contributed by atoms with Crippen LogP contribution in [0.3, 0.4) is 0 Å². The molecule has 1 aromatic heterocycles.